The number of rotatable bonds is 5. The Kier molecular flexibility index (Phi) is 6.79. The number of fused-ring (bicyclic) bond motifs is 2. The van der Waals surface area contributed by atoms with Crippen molar-refractivity contribution in [2.45, 2.75) is 44.1 Å². The van der Waals surface area contributed by atoms with Crippen LogP contribution in [0.1, 0.15) is 35.2 Å². The summed E-state index contributed by atoms with van der Waals surface area (Å²) in [6.07, 6.45) is 0.311. The van der Waals surface area contributed by atoms with Gasteiger partial charge in [-0.2, -0.15) is 0 Å². The lowest BCUT2D eigenvalue weighted by molar-refractivity contribution is -0.148. The molecular formula is C24H27N3O6. The molecule has 9 nitrogen and oxygen atoms in total. The van der Waals surface area contributed by atoms with E-state index in [2.05, 4.69) is 10.6 Å². The van der Waals surface area contributed by atoms with Gasteiger partial charge in [0, 0.05) is 19.3 Å². The van der Waals surface area contributed by atoms with Crippen LogP contribution in [0.4, 0.5) is 10.5 Å². The maximum absolute atomic E-state index is 13.2. The molecule has 0 unspecified atom stereocenters. The molecule has 0 radical (unpaired) electrons. The van der Waals surface area contributed by atoms with Crippen LogP contribution < -0.4 is 15.4 Å². The van der Waals surface area contributed by atoms with Crippen LogP contribution in [0.15, 0.2) is 48.5 Å². The van der Waals surface area contributed by atoms with Gasteiger partial charge in [-0.05, 0) is 36.6 Å². The maximum Gasteiger partial charge on any atom is 0.319 e. The highest BCUT2D eigenvalue weighted by atomic mass is 16.5. The molecule has 33 heavy (non-hydrogen) atoms. The number of hydrogen-bond donors (Lipinski definition) is 3. The lowest BCUT2D eigenvalue weighted by Crippen LogP contribution is -2.53. The fraction of sp³-hybridized carbons (Fsp3) is 0.375. The molecule has 2 aliphatic rings. The Morgan fingerprint density at radius 1 is 1.15 bits per heavy atom. The number of carbonyl (C=O) groups excluding carboxylic acids is 2. The van der Waals surface area contributed by atoms with E-state index in [1.807, 2.05) is 30.3 Å². The van der Waals surface area contributed by atoms with Crippen LogP contribution in [-0.4, -0.2) is 59.8 Å². The third kappa shape index (κ3) is 5.43. The largest absolute Gasteiger partial charge is 0.490 e. The van der Waals surface area contributed by atoms with E-state index in [1.165, 1.54) is 0 Å². The van der Waals surface area contributed by atoms with E-state index < -0.39 is 18.2 Å². The van der Waals surface area contributed by atoms with E-state index in [4.69, 9.17) is 14.6 Å². The number of carbonyl (C=O) groups is 3. The van der Waals surface area contributed by atoms with Crippen molar-refractivity contribution >= 4 is 23.6 Å². The number of benzene rings is 2. The summed E-state index contributed by atoms with van der Waals surface area (Å²) < 4.78 is 11.8. The molecule has 1 saturated heterocycles. The number of hydrogen-bond acceptors (Lipinski definition) is 5. The molecule has 0 aromatic heterocycles. The summed E-state index contributed by atoms with van der Waals surface area (Å²) >= 11 is 0. The SMILES string of the molecule is CN1C(=O)c2cc(NC(=O)NCc3ccccc3)ccc2OC[C@@H]2O[C@@H](CC(=O)O)CC[C@@H]21. The molecule has 2 heterocycles. The van der Waals surface area contributed by atoms with Gasteiger partial charge >= 0.3 is 12.0 Å². The second-order valence-corrected chi connectivity index (χ2v) is 8.27. The molecule has 0 aliphatic carbocycles. The van der Waals surface area contributed by atoms with Crippen molar-refractivity contribution in [1.82, 2.24) is 10.2 Å². The first-order valence-electron chi connectivity index (χ1n) is 10.9. The molecule has 3 N–H and O–H groups in total. The maximum atomic E-state index is 13.2. The van der Waals surface area contributed by atoms with Crippen LogP contribution in [-0.2, 0) is 16.1 Å². The Morgan fingerprint density at radius 2 is 1.94 bits per heavy atom. The molecule has 0 saturated carbocycles. The molecule has 1 fully saturated rings. The van der Waals surface area contributed by atoms with Crippen molar-refractivity contribution in [2.75, 3.05) is 19.0 Å². The predicted octanol–water partition coefficient (Wildman–Crippen LogP) is 2.86. The molecule has 2 aromatic carbocycles. The van der Waals surface area contributed by atoms with E-state index >= 15 is 0 Å². The number of nitrogens with zero attached hydrogens (tertiary/aromatic N) is 1. The number of likely N-dealkylation sites (N-methyl/N-ethyl adjacent to an activating group) is 1. The summed E-state index contributed by atoms with van der Waals surface area (Å²) in [5.74, 6) is -0.759. The fourth-order valence-corrected chi connectivity index (χ4v) is 4.25. The third-order valence-corrected chi connectivity index (χ3v) is 5.97. The lowest BCUT2D eigenvalue weighted by Gasteiger charge is -2.42. The Morgan fingerprint density at radius 3 is 2.70 bits per heavy atom. The number of ether oxygens (including phenoxy) is 2. The van der Waals surface area contributed by atoms with Crippen molar-refractivity contribution < 1.29 is 29.0 Å². The molecule has 174 valence electrons. The van der Waals surface area contributed by atoms with Crippen LogP contribution in [0.2, 0.25) is 0 Å². The van der Waals surface area contributed by atoms with E-state index in [1.54, 1.807) is 30.1 Å². The molecule has 0 spiro atoms. The average molecular weight is 453 g/mol. The van der Waals surface area contributed by atoms with Crippen LogP contribution in [0.3, 0.4) is 0 Å². The second kappa shape index (κ2) is 9.91. The molecular weight excluding hydrogens is 426 g/mol. The molecule has 3 amide bonds. The number of amides is 3. The minimum absolute atomic E-state index is 0.0706. The van der Waals surface area contributed by atoms with Crippen LogP contribution in [0.25, 0.3) is 0 Å². The topological polar surface area (TPSA) is 117 Å². The van der Waals surface area contributed by atoms with Gasteiger partial charge in [0.1, 0.15) is 18.5 Å². The fourth-order valence-electron chi connectivity index (χ4n) is 4.25. The third-order valence-electron chi connectivity index (χ3n) is 5.97. The smallest absolute Gasteiger partial charge is 0.319 e. The van der Waals surface area contributed by atoms with Gasteiger partial charge in [0.15, 0.2) is 0 Å². The summed E-state index contributed by atoms with van der Waals surface area (Å²) in [5, 5.41) is 14.6. The minimum atomic E-state index is -0.909. The van der Waals surface area contributed by atoms with Crippen LogP contribution >= 0.6 is 0 Å². The highest BCUT2D eigenvalue weighted by Crippen LogP contribution is 2.32. The Hall–Kier alpha value is -3.59. The number of carboxylic acids is 1. The van der Waals surface area contributed by atoms with Crippen LogP contribution in [0, 0.1) is 0 Å². The monoisotopic (exact) mass is 453 g/mol. The number of carboxylic acid groups (broad SMARTS) is 1. The molecule has 9 heteroatoms. The van der Waals surface area contributed by atoms with E-state index in [0.717, 1.165) is 5.56 Å². The predicted molar refractivity (Wildman–Crippen MR) is 120 cm³/mol. The standard InChI is InChI=1S/C24H27N3O6/c1-27-19-9-8-17(12-22(28)29)33-21(19)14-32-20-10-7-16(11-18(20)23(27)30)26-24(31)25-13-15-5-3-2-4-6-15/h2-7,10-11,17,19,21H,8-9,12-14H2,1H3,(H,28,29)(H2,25,26,31)/t17-,19+,21+/m1/s1. The number of anilines is 1. The molecule has 4 rings (SSSR count). The Bertz CT molecular complexity index is 1030. The molecule has 0 bridgehead atoms. The van der Waals surface area contributed by atoms with Gasteiger partial charge < -0.3 is 30.1 Å². The summed E-state index contributed by atoms with van der Waals surface area (Å²) in [6.45, 7) is 0.587. The summed E-state index contributed by atoms with van der Waals surface area (Å²) in [7, 11) is 1.71. The summed E-state index contributed by atoms with van der Waals surface area (Å²) in [5.41, 5.74) is 1.80. The Labute approximate surface area is 191 Å². The molecule has 2 aromatic rings. The van der Waals surface area contributed by atoms with Crippen molar-refractivity contribution in [3.05, 3.63) is 59.7 Å². The van der Waals surface area contributed by atoms with Gasteiger partial charge in [-0.3, -0.25) is 9.59 Å². The van der Waals surface area contributed by atoms with E-state index in [0.29, 0.717) is 36.4 Å². The van der Waals surface area contributed by atoms with Crippen molar-refractivity contribution in [1.29, 1.82) is 0 Å². The number of nitrogens with one attached hydrogen (secondary N) is 2. The van der Waals surface area contributed by atoms with Crippen molar-refractivity contribution in [3.8, 4) is 5.75 Å². The zero-order chi connectivity index (χ0) is 23.4. The first-order chi connectivity index (χ1) is 15.9. The highest BCUT2D eigenvalue weighted by molar-refractivity contribution is 5.99. The zero-order valence-electron chi connectivity index (χ0n) is 18.3. The number of urea groups is 1. The van der Waals surface area contributed by atoms with Gasteiger partial charge in [-0.15, -0.1) is 0 Å². The summed E-state index contributed by atoms with van der Waals surface area (Å²) in [4.78, 5) is 38.2. The zero-order valence-corrected chi connectivity index (χ0v) is 18.3. The first kappa shape index (κ1) is 22.6. The minimum Gasteiger partial charge on any atom is -0.490 e. The number of aliphatic carboxylic acids is 1. The van der Waals surface area contributed by atoms with Gasteiger partial charge in [-0.1, -0.05) is 30.3 Å². The van der Waals surface area contributed by atoms with Gasteiger partial charge in [-0.25, -0.2) is 4.79 Å². The van der Waals surface area contributed by atoms with Crippen LogP contribution in [0.5, 0.6) is 5.75 Å². The molecule has 3 atom stereocenters. The second-order valence-electron chi connectivity index (χ2n) is 8.27. The average Bonchev–Trinajstić information content (AvgIpc) is 2.81. The van der Waals surface area contributed by atoms with Crippen molar-refractivity contribution in [3.63, 3.8) is 0 Å². The molecule has 2 aliphatic heterocycles. The van der Waals surface area contributed by atoms with Gasteiger partial charge in [0.2, 0.25) is 0 Å². The lowest BCUT2D eigenvalue weighted by atomic mass is 9.94. The van der Waals surface area contributed by atoms with Gasteiger partial charge in [0.25, 0.3) is 5.91 Å². The van der Waals surface area contributed by atoms with Crippen molar-refractivity contribution in [2.24, 2.45) is 0 Å². The normalized spacial score (nSPS) is 22.2. The Balaban J connectivity index is 1.44. The summed E-state index contributed by atoms with van der Waals surface area (Å²) in [6, 6.07) is 13.9. The van der Waals surface area contributed by atoms with Gasteiger partial charge in [0.05, 0.1) is 24.1 Å². The first-order valence-corrected chi connectivity index (χ1v) is 10.9. The highest BCUT2D eigenvalue weighted by Gasteiger charge is 2.39. The van der Waals surface area contributed by atoms with E-state index in [-0.39, 0.29) is 31.0 Å². The van der Waals surface area contributed by atoms with E-state index in [9.17, 15) is 14.4 Å². The quantitative estimate of drug-likeness (QED) is 0.641.